The number of carbonyl (C=O) groups excluding carboxylic acids is 1. The molecule has 0 spiro atoms. The average Bonchev–Trinajstić information content (AvgIpc) is 2.01. The van der Waals surface area contributed by atoms with E-state index in [1.165, 1.54) is 0 Å². The quantitative estimate of drug-likeness (QED) is 0.717. The zero-order chi connectivity index (χ0) is 12.3. The van der Waals surface area contributed by atoms with E-state index in [-0.39, 0.29) is 18.1 Å². The van der Waals surface area contributed by atoms with Crippen molar-refractivity contribution in [3.05, 3.63) is 0 Å². The number of rotatable bonds is 4. The standard InChI is InChI=1S/C10H23NO3Si/c1-10(2,3)15(4,5)14-9(13)8(11)6-7-12/h8,12H,6-7,11H2,1-5H3/t8-/m1/s1. The predicted molar refractivity (Wildman–Crippen MR) is 63.0 cm³/mol. The minimum atomic E-state index is -2.07. The summed E-state index contributed by atoms with van der Waals surface area (Å²) in [4.78, 5) is 11.6. The molecule has 90 valence electrons. The lowest BCUT2D eigenvalue weighted by atomic mass is 10.2. The summed E-state index contributed by atoms with van der Waals surface area (Å²) < 4.78 is 5.48. The molecule has 0 aliphatic rings. The minimum absolute atomic E-state index is 0.0123. The van der Waals surface area contributed by atoms with Crippen LogP contribution in [0, 0.1) is 0 Å². The van der Waals surface area contributed by atoms with Gasteiger partial charge in [-0.3, -0.25) is 4.79 Å². The van der Waals surface area contributed by atoms with E-state index in [0.717, 1.165) is 0 Å². The van der Waals surface area contributed by atoms with Gasteiger partial charge < -0.3 is 15.3 Å². The van der Waals surface area contributed by atoms with Crippen LogP contribution in [0.4, 0.5) is 0 Å². The van der Waals surface area contributed by atoms with Crippen LogP contribution in [0.15, 0.2) is 0 Å². The van der Waals surface area contributed by atoms with E-state index in [1.54, 1.807) is 0 Å². The van der Waals surface area contributed by atoms with Gasteiger partial charge in [-0.15, -0.1) is 0 Å². The second kappa shape index (κ2) is 5.09. The highest BCUT2D eigenvalue weighted by Gasteiger charge is 2.41. The Kier molecular flexibility index (Phi) is 4.96. The monoisotopic (exact) mass is 233 g/mol. The van der Waals surface area contributed by atoms with Gasteiger partial charge in [-0.25, -0.2) is 0 Å². The van der Waals surface area contributed by atoms with E-state index in [2.05, 4.69) is 20.8 Å². The first-order valence-electron chi connectivity index (χ1n) is 5.21. The third-order valence-corrected chi connectivity index (χ3v) is 7.23. The molecule has 0 aromatic heterocycles. The fourth-order valence-electron chi connectivity index (χ4n) is 0.737. The first-order valence-corrected chi connectivity index (χ1v) is 8.12. The van der Waals surface area contributed by atoms with Gasteiger partial charge in [0.25, 0.3) is 8.32 Å². The van der Waals surface area contributed by atoms with Crippen LogP contribution in [-0.4, -0.2) is 32.0 Å². The normalized spacial score (nSPS) is 14.9. The van der Waals surface area contributed by atoms with Crippen molar-refractivity contribution in [1.82, 2.24) is 0 Å². The van der Waals surface area contributed by atoms with E-state index >= 15 is 0 Å². The second-order valence-electron chi connectivity index (χ2n) is 5.30. The van der Waals surface area contributed by atoms with Crippen LogP contribution in [0.2, 0.25) is 18.1 Å². The molecule has 0 aliphatic carbocycles. The third-order valence-electron chi connectivity index (χ3n) is 2.90. The van der Waals surface area contributed by atoms with E-state index in [9.17, 15) is 4.79 Å². The molecule has 0 heterocycles. The number of aliphatic hydroxyl groups is 1. The largest absolute Gasteiger partial charge is 0.518 e. The lowest BCUT2D eigenvalue weighted by molar-refractivity contribution is -0.137. The van der Waals surface area contributed by atoms with Crippen molar-refractivity contribution >= 4 is 14.3 Å². The number of hydrogen-bond donors (Lipinski definition) is 2. The lowest BCUT2D eigenvalue weighted by Gasteiger charge is -2.36. The summed E-state index contributed by atoms with van der Waals surface area (Å²) in [5, 5.41) is 8.66. The topological polar surface area (TPSA) is 72.5 Å². The number of nitrogens with two attached hydrogens (primary N) is 1. The van der Waals surface area contributed by atoms with Gasteiger partial charge in [-0.05, 0) is 24.6 Å². The van der Waals surface area contributed by atoms with Crippen molar-refractivity contribution in [2.24, 2.45) is 5.73 Å². The van der Waals surface area contributed by atoms with Crippen LogP contribution < -0.4 is 5.73 Å². The first-order chi connectivity index (χ1) is 6.62. The molecular formula is C10H23NO3Si. The van der Waals surface area contributed by atoms with Gasteiger partial charge in [0.05, 0.1) is 0 Å². The SMILES string of the molecule is CC(C)(C)[Si](C)(C)OC(=O)[C@H](N)CCO. The first kappa shape index (κ1) is 14.6. The predicted octanol–water partition coefficient (Wildman–Crippen LogP) is 1.24. The second-order valence-corrected chi connectivity index (χ2v) is 10.0. The summed E-state index contributed by atoms with van der Waals surface area (Å²) in [5.41, 5.74) is 5.57. The lowest BCUT2D eigenvalue weighted by Crippen LogP contribution is -2.47. The fourth-order valence-corrected chi connectivity index (χ4v) is 1.70. The van der Waals surface area contributed by atoms with Crippen molar-refractivity contribution in [2.75, 3.05) is 6.61 Å². The van der Waals surface area contributed by atoms with E-state index in [1.807, 2.05) is 13.1 Å². The maximum Gasteiger partial charge on any atom is 0.309 e. The zero-order valence-corrected chi connectivity index (χ0v) is 11.3. The molecule has 0 unspecified atom stereocenters. The molecule has 5 heteroatoms. The summed E-state index contributed by atoms with van der Waals surface area (Å²) in [6, 6.07) is -0.705. The molecule has 0 saturated carbocycles. The summed E-state index contributed by atoms with van der Waals surface area (Å²) >= 11 is 0. The average molecular weight is 233 g/mol. The van der Waals surface area contributed by atoms with Crippen molar-refractivity contribution in [3.63, 3.8) is 0 Å². The molecule has 0 aliphatic heterocycles. The van der Waals surface area contributed by atoms with Gasteiger partial charge >= 0.3 is 5.97 Å². The maximum atomic E-state index is 11.6. The number of carbonyl (C=O) groups is 1. The van der Waals surface area contributed by atoms with Crippen LogP contribution in [0.1, 0.15) is 27.2 Å². The Balaban J connectivity index is 4.41. The zero-order valence-electron chi connectivity index (χ0n) is 10.3. The Hall–Kier alpha value is -0.393. The smallest absolute Gasteiger partial charge is 0.309 e. The summed E-state index contributed by atoms with van der Waals surface area (Å²) in [5.74, 6) is -0.393. The Morgan fingerprint density at radius 3 is 2.27 bits per heavy atom. The molecule has 15 heavy (non-hydrogen) atoms. The molecule has 1 atom stereocenters. The summed E-state index contributed by atoms with van der Waals surface area (Å²) in [6.45, 7) is 10.1. The van der Waals surface area contributed by atoms with Gasteiger partial charge in [0.2, 0.25) is 0 Å². The molecule has 0 aromatic rings. The highest BCUT2D eigenvalue weighted by atomic mass is 28.4. The molecule has 0 rings (SSSR count). The third kappa shape index (κ3) is 4.32. The minimum Gasteiger partial charge on any atom is -0.518 e. The Morgan fingerprint density at radius 2 is 1.93 bits per heavy atom. The van der Waals surface area contributed by atoms with Crippen molar-refractivity contribution in [2.45, 2.75) is 51.4 Å². The van der Waals surface area contributed by atoms with Gasteiger partial charge in [-0.2, -0.15) is 0 Å². The van der Waals surface area contributed by atoms with Crippen LogP contribution in [0.25, 0.3) is 0 Å². The fraction of sp³-hybridized carbons (Fsp3) is 0.900. The number of aliphatic hydroxyl groups excluding tert-OH is 1. The Labute approximate surface area is 92.9 Å². The van der Waals surface area contributed by atoms with Gasteiger partial charge in [0.1, 0.15) is 6.04 Å². The van der Waals surface area contributed by atoms with Crippen LogP contribution in [0.5, 0.6) is 0 Å². The summed E-state index contributed by atoms with van der Waals surface area (Å²) in [7, 11) is -2.07. The molecule has 0 amide bonds. The van der Waals surface area contributed by atoms with Crippen LogP contribution in [0.3, 0.4) is 0 Å². The van der Waals surface area contributed by atoms with Crippen molar-refractivity contribution in [1.29, 1.82) is 0 Å². The van der Waals surface area contributed by atoms with E-state index in [4.69, 9.17) is 15.3 Å². The van der Waals surface area contributed by atoms with Crippen LogP contribution in [-0.2, 0) is 9.22 Å². The summed E-state index contributed by atoms with van der Waals surface area (Å²) in [6.07, 6.45) is 0.257. The molecule has 0 saturated heterocycles. The molecule has 0 radical (unpaired) electrons. The van der Waals surface area contributed by atoms with Crippen LogP contribution >= 0.6 is 0 Å². The maximum absolute atomic E-state index is 11.6. The Morgan fingerprint density at radius 1 is 1.47 bits per heavy atom. The molecular weight excluding hydrogens is 210 g/mol. The van der Waals surface area contributed by atoms with Gasteiger partial charge in [0.15, 0.2) is 0 Å². The Bertz CT molecular complexity index is 223. The van der Waals surface area contributed by atoms with Crippen molar-refractivity contribution < 1.29 is 14.3 Å². The van der Waals surface area contributed by atoms with Gasteiger partial charge in [-0.1, -0.05) is 20.8 Å². The highest BCUT2D eigenvalue weighted by molar-refractivity contribution is 6.75. The molecule has 3 N–H and O–H groups in total. The highest BCUT2D eigenvalue weighted by Crippen LogP contribution is 2.36. The molecule has 0 aromatic carbocycles. The molecule has 4 nitrogen and oxygen atoms in total. The van der Waals surface area contributed by atoms with E-state index < -0.39 is 20.3 Å². The van der Waals surface area contributed by atoms with E-state index in [0.29, 0.717) is 0 Å². The number of hydrogen-bond acceptors (Lipinski definition) is 4. The van der Waals surface area contributed by atoms with Gasteiger partial charge in [0, 0.05) is 6.61 Å². The van der Waals surface area contributed by atoms with Crippen molar-refractivity contribution in [3.8, 4) is 0 Å². The molecule has 0 bridgehead atoms. The molecule has 0 fully saturated rings.